The van der Waals surface area contributed by atoms with Crippen LogP contribution in [0, 0.1) is 6.92 Å². The van der Waals surface area contributed by atoms with Gasteiger partial charge in [0.15, 0.2) is 0 Å². The molecule has 0 aliphatic rings. The van der Waals surface area contributed by atoms with Gasteiger partial charge in [-0.2, -0.15) is 0 Å². The van der Waals surface area contributed by atoms with Gasteiger partial charge in [0, 0.05) is 24.2 Å². The second-order valence-electron chi connectivity index (χ2n) is 4.27. The second kappa shape index (κ2) is 7.99. The maximum Gasteiger partial charge on any atom is 0.240 e. The van der Waals surface area contributed by atoms with Gasteiger partial charge in [-0.3, -0.25) is 0 Å². The molecule has 0 atom stereocenters. The Morgan fingerprint density at radius 1 is 1.32 bits per heavy atom. The highest BCUT2D eigenvalue weighted by atomic mass is 79.9. The van der Waals surface area contributed by atoms with Gasteiger partial charge in [0.25, 0.3) is 0 Å². The van der Waals surface area contributed by atoms with Gasteiger partial charge in [-0.15, -0.1) is 0 Å². The van der Waals surface area contributed by atoms with Crippen LogP contribution in [0.15, 0.2) is 27.6 Å². The maximum atomic E-state index is 12.0. The number of hydrogen-bond donors (Lipinski definition) is 1. The van der Waals surface area contributed by atoms with Crippen LogP contribution in [-0.4, -0.2) is 28.2 Å². The minimum Gasteiger partial charge on any atom is -0.381 e. The molecule has 1 rings (SSSR count). The van der Waals surface area contributed by atoms with Crippen LogP contribution in [0.3, 0.4) is 0 Å². The molecule has 1 aromatic carbocycles. The van der Waals surface area contributed by atoms with Crippen molar-refractivity contribution in [3.63, 3.8) is 0 Å². The molecule has 6 heteroatoms. The van der Waals surface area contributed by atoms with Gasteiger partial charge in [0.05, 0.1) is 4.90 Å². The van der Waals surface area contributed by atoms with E-state index in [4.69, 9.17) is 4.74 Å². The quantitative estimate of drug-likeness (QED) is 0.734. The number of ether oxygens (including phenoxy) is 1. The van der Waals surface area contributed by atoms with E-state index >= 15 is 0 Å². The van der Waals surface area contributed by atoms with E-state index in [2.05, 4.69) is 20.7 Å². The highest BCUT2D eigenvalue weighted by Gasteiger charge is 2.13. The summed E-state index contributed by atoms with van der Waals surface area (Å²) in [5.74, 6) is 0. The number of aryl methyl sites for hydroxylation is 1. The lowest BCUT2D eigenvalue weighted by molar-refractivity contribution is 0.133. The SMILES string of the molecule is CCCOCCCNS(=O)(=O)c1ccc(Br)c(C)c1. The fourth-order valence-corrected chi connectivity index (χ4v) is 2.90. The van der Waals surface area contributed by atoms with Crippen LogP contribution in [-0.2, 0) is 14.8 Å². The third-order valence-corrected chi connectivity index (χ3v) is 4.89. The molecular formula is C13H20BrNO3S. The highest BCUT2D eigenvalue weighted by Crippen LogP contribution is 2.19. The topological polar surface area (TPSA) is 55.4 Å². The van der Waals surface area contributed by atoms with Crippen molar-refractivity contribution in [2.45, 2.75) is 31.6 Å². The van der Waals surface area contributed by atoms with E-state index in [0.29, 0.717) is 24.5 Å². The van der Waals surface area contributed by atoms with E-state index in [1.54, 1.807) is 18.2 Å². The van der Waals surface area contributed by atoms with E-state index in [0.717, 1.165) is 23.1 Å². The molecule has 0 aromatic heterocycles. The van der Waals surface area contributed by atoms with Crippen molar-refractivity contribution in [2.75, 3.05) is 19.8 Å². The summed E-state index contributed by atoms with van der Waals surface area (Å²) in [6, 6.07) is 4.99. The molecule has 19 heavy (non-hydrogen) atoms. The normalized spacial score (nSPS) is 11.7. The molecule has 0 spiro atoms. The van der Waals surface area contributed by atoms with E-state index < -0.39 is 10.0 Å². The van der Waals surface area contributed by atoms with Gasteiger partial charge in [0.1, 0.15) is 0 Å². The molecule has 0 aliphatic carbocycles. The Morgan fingerprint density at radius 2 is 2.05 bits per heavy atom. The van der Waals surface area contributed by atoms with Gasteiger partial charge in [-0.1, -0.05) is 22.9 Å². The average Bonchev–Trinajstić information content (AvgIpc) is 2.36. The summed E-state index contributed by atoms with van der Waals surface area (Å²) in [7, 11) is -3.42. The van der Waals surface area contributed by atoms with Crippen molar-refractivity contribution in [3.05, 3.63) is 28.2 Å². The molecule has 108 valence electrons. The molecule has 0 heterocycles. The van der Waals surface area contributed by atoms with Gasteiger partial charge in [0.2, 0.25) is 10.0 Å². The molecule has 1 N–H and O–H groups in total. The highest BCUT2D eigenvalue weighted by molar-refractivity contribution is 9.10. The van der Waals surface area contributed by atoms with E-state index in [9.17, 15) is 8.42 Å². The fourth-order valence-electron chi connectivity index (χ4n) is 1.49. The standard InChI is InChI=1S/C13H20BrNO3S/c1-3-8-18-9-4-7-15-19(16,17)12-5-6-13(14)11(2)10-12/h5-6,10,15H,3-4,7-9H2,1-2H3. The van der Waals surface area contributed by atoms with Crippen LogP contribution in [0.2, 0.25) is 0 Å². The summed E-state index contributed by atoms with van der Waals surface area (Å²) in [5.41, 5.74) is 0.897. The van der Waals surface area contributed by atoms with Crippen LogP contribution in [0.5, 0.6) is 0 Å². The number of halogens is 1. The number of nitrogens with one attached hydrogen (secondary N) is 1. The first-order chi connectivity index (χ1) is 8.97. The van der Waals surface area contributed by atoms with Crippen LogP contribution >= 0.6 is 15.9 Å². The van der Waals surface area contributed by atoms with E-state index in [1.165, 1.54) is 0 Å². The first-order valence-corrected chi connectivity index (χ1v) is 8.58. The Kier molecular flexibility index (Phi) is 6.99. The third kappa shape index (κ3) is 5.60. The van der Waals surface area contributed by atoms with Crippen molar-refractivity contribution in [2.24, 2.45) is 0 Å². The van der Waals surface area contributed by atoms with Crippen molar-refractivity contribution in [3.8, 4) is 0 Å². The number of rotatable bonds is 8. The summed E-state index contributed by atoms with van der Waals surface area (Å²) >= 11 is 3.35. The minimum atomic E-state index is -3.42. The summed E-state index contributed by atoms with van der Waals surface area (Å²) < 4.78 is 32.8. The van der Waals surface area contributed by atoms with Crippen LogP contribution in [0.4, 0.5) is 0 Å². The summed E-state index contributed by atoms with van der Waals surface area (Å²) in [6.07, 6.45) is 1.65. The van der Waals surface area contributed by atoms with E-state index in [1.807, 2.05) is 13.8 Å². The summed E-state index contributed by atoms with van der Waals surface area (Å²) in [4.78, 5) is 0.294. The average molecular weight is 350 g/mol. The van der Waals surface area contributed by atoms with Crippen LogP contribution in [0.25, 0.3) is 0 Å². The number of benzene rings is 1. The molecule has 0 radical (unpaired) electrons. The van der Waals surface area contributed by atoms with Gasteiger partial charge < -0.3 is 4.74 Å². The molecule has 4 nitrogen and oxygen atoms in total. The lowest BCUT2D eigenvalue weighted by Crippen LogP contribution is -2.25. The van der Waals surface area contributed by atoms with Crippen LogP contribution < -0.4 is 4.72 Å². The zero-order valence-electron chi connectivity index (χ0n) is 11.3. The van der Waals surface area contributed by atoms with Crippen molar-refractivity contribution in [1.82, 2.24) is 4.72 Å². The first-order valence-electron chi connectivity index (χ1n) is 6.31. The van der Waals surface area contributed by atoms with Gasteiger partial charge in [-0.05, 0) is 43.5 Å². The predicted octanol–water partition coefficient (Wildman–Crippen LogP) is 2.85. The molecule has 0 fully saturated rings. The Morgan fingerprint density at radius 3 is 2.68 bits per heavy atom. The minimum absolute atomic E-state index is 0.294. The first kappa shape index (κ1) is 16.6. The molecule has 0 amide bonds. The summed E-state index contributed by atoms with van der Waals surface area (Å²) in [6.45, 7) is 5.59. The Hall–Kier alpha value is -0.430. The number of sulfonamides is 1. The second-order valence-corrected chi connectivity index (χ2v) is 6.90. The molecule has 0 saturated carbocycles. The number of hydrogen-bond acceptors (Lipinski definition) is 3. The van der Waals surface area contributed by atoms with Crippen molar-refractivity contribution in [1.29, 1.82) is 0 Å². The Labute approximate surface area is 123 Å². The van der Waals surface area contributed by atoms with Gasteiger partial charge >= 0.3 is 0 Å². The van der Waals surface area contributed by atoms with Gasteiger partial charge in [-0.25, -0.2) is 13.1 Å². The lowest BCUT2D eigenvalue weighted by atomic mass is 10.2. The Bertz CT molecular complexity index is 503. The molecule has 0 saturated heterocycles. The third-order valence-electron chi connectivity index (χ3n) is 2.55. The molecule has 0 aliphatic heterocycles. The smallest absolute Gasteiger partial charge is 0.240 e. The fraction of sp³-hybridized carbons (Fsp3) is 0.538. The van der Waals surface area contributed by atoms with E-state index in [-0.39, 0.29) is 0 Å². The molecular weight excluding hydrogens is 330 g/mol. The molecule has 0 bridgehead atoms. The lowest BCUT2D eigenvalue weighted by Gasteiger charge is -2.08. The van der Waals surface area contributed by atoms with Crippen molar-refractivity contribution < 1.29 is 13.2 Å². The van der Waals surface area contributed by atoms with Crippen molar-refractivity contribution >= 4 is 26.0 Å². The molecule has 1 aromatic rings. The largest absolute Gasteiger partial charge is 0.381 e. The Balaban J connectivity index is 2.49. The molecule has 0 unspecified atom stereocenters. The predicted molar refractivity (Wildman–Crippen MR) is 79.8 cm³/mol. The monoisotopic (exact) mass is 349 g/mol. The zero-order chi connectivity index (χ0) is 14.3. The van der Waals surface area contributed by atoms with Crippen LogP contribution in [0.1, 0.15) is 25.3 Å². The summed E-state index contributed by atoms with van der Waals surface area (Å²) in [5, 5.41) is 0. The zero-order valence-corrected chi connectivity index (χ0v) is 13.7. The maximum absolute atomic E-state index is 12.0.